The first-order chi connectivity index (χ1) is 9.90. The molecule has 0 amide bonds. The normalized spacial score (nSPS) is 27.3. The third-order valence-electron chi connectivity index (χ3n) is 5.30. The lowest BCUT2D eigenvalue weighted by Crippen LogP contribution is -2.49. The van der Waals surface area contributed by atoms with Gasteiger partial charge in [-0.3, -0.25) is 9.80 Å². The van der Waals surface area contributed by atoms with Gasteiger partial charge in [0.05, 0.1) is 0 Å². The summed E-state index contributed by atoms with van der Waals surface area (Å²) >= 11 is 0. The predicted octanol–water partition coefficient (Wildman–Crippen LogP) is 1.61. The van der Waals surface area contributed by atoms with E-state index in [1.165, 1.54) is 51.0 Å². The lowest BCUT2D eigenvalue weighted by atomic mass is 9.95. The van der Waals surface area contributed by atoms with E-state index in [1.807, 2.05) is 0 Å². The monoisotopic (exact) mass is 271 g/mol. The van der Waals surface area contributed by atoms with Gasteiger partial charge in [0, 0.05) is 38.8 Å². The zero-order valence-electron chi connectivity index (χ0n) is 12.3. The molecule has 1 aromatic carbocycles. The van der Waals surface area contributed by atoms with E-state index in [0.717, 1.165) is 25.7 Å². The van der Waals surface area contributed by atoms with Crippen LogP contribution < -0.4 is 5.32 Å². The van der Waals surface area contributed by atoms with Gasteiger partial charge in [-0.05, 0) is 49.0 Å². The van der Waals surface area contributed by atoms with E-state index in [9.17, 15) is 0 Å². The van der Waals surface area contributed by atoms with E-state index in [1.54, 1.807) is 11.1 Å². The summed E-state index contributed by atoms with van der Waals surface area (Å²) in [6.45, 7) is 8.50. The molecule has 0 aliphatic carbocycles. The zero-order chi connectivity index (χ0) is 13.4. The highest BCUT2D eigenvalue weighted by atomic mass is 15.3. The Labute approximate surface area is 121 Å². The summed E-state index contributed by atoms with van der Waals surface area (Å²) < 4.78 is 0. The number of benzene rings is 1. The fourth-order valence-corrected chi connectivity index (χ4v) is 4.20. The molecule has 2 saturated heterocycles. The minimum Gasteiger partial charge on any atom is -0.312 e. The predicted molar refractivity (Wildman–Crippen MR) is 81.7 cm³/mol. The molecule has 1 unspecified atom stereocenters. The molecule has 3 aliphatic heterocycles. The van der Waals surface area contributed by atoms with Gasteiger partial charge in [0.25, 0.3) is 0 Å². The highest BCUT2D eigenvalue weighted by Gasteiger charge is 2.30. The Kier molecular flexibility index (Phi) is 3.51. The number of hydrogen-bond acceptors (Lipinski definition) is 3. The van der Waals surface area contributed by atoms with Crippen LogP contribution in [0.4, 0.5) is 0 Å². The van der Waals surface area contributed by atoms with Crippen LogP contribution >= 0.6 is 0 Å². The van der Waals surface area contributed by atoms with Gasteiger partial charge < -0.3 is 5.32 Å². The van der Waals surface area contributed by atoms with E-state index in [0.29, 0.717) is 0 Å². The minimum atomic E-state index is 0.838. The zero-order valence-corrected chi connectivity index (χ0v) is 12.3. The van der Waals surface area contributed by atoms with Crippen LogP contribution in [0.15, 0.2) is 18.2 Å². The largest absolute Gasteiger partial charge is 0.312 e. The molecule has 3 heteroatoms. The lowest BCUT2D eigenvalue weighted by Gasteiger charge is -2.38. The van der Waals surface area contributed by atoms with Crippen molar-refractivity contribution in [2.45, 2.75) is 38.4 Å². The van der Waals surface area contributed by atoms with Crippen LogP contribution in [0.1, 0.15) is 29.5 Å². The molecular formula is C17H25N3. The van der Waals surface area contributed by atoms with Crippen LogP contribution in [0, 0.1) is 0 Å². The minimum absolute atomic E-state index is 0.838. The number of fused-ring (bicyclic) bond motifs is 2. The molecule has 0 aromatic heterocycles. The van der Waals surface area contributed by atoms with Crippen LogP contribution in [0.25, 0.3) is 0 Å². The number of rotatable bonds is 2. The molecule has 3 nitrogen and oxygen atoms in total. The lowest BCUT2D eigenvalue weighted by molar-refractivity contribution is 0.0991. The van der Waals surface area contributed by atoms with Crippen molar-refractivity contribution in [2.24, 2.45) is 0 Å². The smallest absolute Gasteiger partial charge is 0.0237 e. The molecule has 108 valence electrons. The summed E-state index contributed by atoms with van der Waals surface area (Å²) in [5.41, 5.74) is 4.73. The van der Waals surface area contributed by atoms with Gasteiger partial charge in [0.15, 0.2) is 0 Å². The molecule has 0 radical (unpaired) electrons. The highest BCUT2D eigenvalue weighted by molar-refractivity contribution is 5.37. The SMILES string of the molecule is c1cc2c(c(CN3CCN4CCCC4C3)c1)CCNC2. The van der Waals surface area contributed by atoms with Gasteiger partial charge >= 0.3 is 0 Å². The fourth-order valence-electron chi connectivity index (χ4n) is 4.20. The number of nitrogens with zero attached hydrogens (tertiary/aromatic N) is 2. The Morgan fingerprint density at radius 1 is 1.20 bits per heavy atom. The van der Waals surface area contributed by atoms with Crippen molar-refractivity contribution in [3.8, 4) is 0 Å². The molecule has 3 aliphatic rings. The Hall–Kier alpha value is -0.900. The van der Waals surface area contributed by atoms with Gasteiger partial charge in [-0.1, -0.05) is 18.2 Å². The summed E-state index contributed by atoms with van der Waals surface area (Å²) in [4.78, 5) is 5.38. The first-order valence-corrected chi connectivity index (χ1v) is 8.17. The maximum atomic E-state index is 3.48. The van der Waals surface area contributed by atoms with E-state index in [2.05, 4.69) is 33.3 Å². The summed E-state index contributed by atoms with van der Waals surface area (Å²) in [5, 5.41) is 3.48. The third kappa shape index (κ3) is 2.39. The van der Waals surface area contributed by atoms with Crippen LogP contribution in [0.5, 0.6) is 0 Å². The first-order valence-electron chi connectivity index (χ1n) is 8.17. The second kappa shape index (κ2) is 5.47. The molecule has 20 heavy (non-hydrogen) atoms. The average molecular weight is 271 g/mol. The van der Waals surface area contributed by atoms with Gasteiger partial charge in [0.2, 0.25) is 0 Å². The number of nitrogens with one attached hydrogen (secondary N) is 1. The maximum Gasteiger partial charge on any atom is 0.0237 e. The quantitative estimate of drug-likeness (QED) is 0.882. The van der Waals surface area contributed by atoms with Crippen LogP contribution in [0.2, 0.25) is 0 Å². The summed E-state index contributed by atoms with van der Waals surface area (Å²) in [6.07, 6.45) is 4.02. The molecule has 2 fully saturated rings. The van der Waals surface area contributed by atoms with Crippen molar-refractivity contribution < 1.29 is 0 Å². The Morgan fingerprint density at radius 3 is 3.20 bits per heavy atom. The molecular weight excluding hydrogens is 246 g/mol. The summed E-state index contributed by atoms with van der Waals surface area (Å²) in [6, 6.07) is 7.72. The third-order valence-corrected chi connectivity index (χ3v) is 5.30. The highest BCUT2D eigenvalue weighted by Crippen LogP contribution is 2.25. The van der Waals surface area contributed by atoms with E-state index in [-0.39, 0.29) is 0 Å². The summed E-state index contributed by atoms with van der Waals surface area (Å²) in [5.74, 6) is 0. The van der Waals surface area contributed by atoms with Crippen LogP contribution in [-0.4, -0.2) is 48.6 Å². The van der Waals surface area contributed by atoms with E-state index in [4.69, 9.17) is 0 Å². The topological polar surface area (TPSA) is 18.5 Å². The number of piperazine rings is 1. The molecule has 1 N–H and O–H groups in total. The maximum absolute atomic E-state index is 3.48. The average Bonchev–Trinajstić information content (AvgIpc) is 2.95. The van der Waals surface area contributed by atoms with Crippen molar-refractivity contribution in [1.82, 2.24) is 15.1 Å². The van der Waals surface area contributed by atoms with Crippen molar-refractivity contribution in [2.75, 3.05) is 32.7 Å². The Balaban J connectivity index is 1.49. The van der Waals surface area contributed by atoms with Crippen LogP contribution in [-0.2, 0) is 19.5 Å². The summed E-state index contributed by atoms with van der Waals surface area (Å²) in [7, 11) is 0. The van der Waals surface area contributed by atoms with Gasteiger partial charge in [0.1, 0.15) is 0 Å². The molecule has 1 aromatic rings. The first kappa shape index (κ1) is 12.8. The van der Waals surface area contributed by atoms with Crippen molar-refractivity contribution in [3.63, 3.8) is 0 Å². The van der Waals surface area contributed by atoms with Gasteiger partial charge in [-0.25, -0.2) is 0 Å². The van der Waals surface area contributed by atoms with Crippen molar-refractivity contribution in [3.05, 3.63) is 34.9 Å². The molecule has 1 atom stereocenters. The Morgan fingerprint density at radius 2 is 2.20 bits per heavy atom. The second-order valence-electron chi connectivity index (χ2n) is 6.55. The molecule has 4 rings (SSSR count). The van der Waals surface area contributed by atoms with Crippen molar-refractivity contribution >= 4 is 0 Å². The standard InChI is InChI=1S/C17H25N3/c1-3-14-11-18-7-6-17(14)15(4-1)12-19-9-10-20-8-2-5-16(20)13-19/h1,3-4,16,18H,2,5-13H2. The molecule has 3 heterocycles. The van der Waals surface area contributed by atoms with Crippen LogP contribution in [0.3, 0.4) is 0 Å². The Bertz CT molecular complexity index is 485. The number of hydrogen-bond donors (Lipinski definition) is 1. The molecule has 0 saturated carbocycles. The van der Waals surface area contributed by atoms with Crippen molar-refractivity contribution in [1.29, 1.82) is 0 Å². The second-order valence-corrected chi connectivity index (χ2v) is 6.55. The van der Waals surface area contributed by atoms with E-state index >= 15 is 0 Å². The van der Waals surface area contributed by atoms with E-state index < -0.39 is 0 Å². The molecule has 0 bridgehead atoms. The van der Waals surface area contributed by atoms with Gasteiger partial charge in [-0.2, -0.15) is 0 Å². The fraction of sp³-hybridized carbons (Fsp3) is 0.647. The van der Waals surface area contributed by atoms with Gasteiger partial charge in [-0.15, -0.1) is 0 Å². The molecule has 0 spiro atoms.